The zero-order chi connectivity index (χ0) is 17.2. The van der Waals surface area contributed by atoms with Crippen molar-refractivity contribution in [3.63, 3.8) is 0 Å². The number of hydrogen-bond acceptors (Lipinski definition) is 6. The first-order valence-corrected chi connectivity index (χ1v) is 9.01. The second-order valence-corrected chi connectivity index (χ2v) is 6.38. The largest absolute Gasteiger partial charge is 1.00 e. The van der Waals surface area contributed by atoms with Crippen LogP contribution in [0.4, 0.5) is 0 Å². The van der Waals surface area contributed by atoms with Crippen LogP contribution in [-0.4, -0.2) is 24.9 Å². The second kappa shape index (κ2) is 13.2. The van der Waals surface area contributed by atoms with Crippen molar-refractivity contribution in [2.45, 2.75) is 65.2 Å². The van der Waals surface area contributed by atoms with Crippen LogP contribution in [0, 0.1) is 11.8 Å². The van der Waals surface area contributed by atoms with E-state index in [1.54, 1.807) is 0 Å². The average Bonchev–Trinajstić information content (AvgIpc) is 2.38. The summed E-state index contributed by atoms with van der Waals surface area (Å²) in [5.41, 5.74) is 0. The van der Waals surface area contributed by atoms with Crippen LogP contribution < -0.4 is 34.7 Å². The molecule has 0 radical (unpaired) electrons. The van der Waals surface area contributed by atoms with Crippen molar-refractivity contribution in [3.8, 4) is 0 Å². The SMILES string of the molecule is CCCCCC(C(=O)[O-])C(CCCCC)C(=O)OS(=O)(=O)O.[Na+]. The molecule has 0 rings (SSSR count). The Balaban J connectivity index is 0. The van der Waals surface area contributed by atoms with E-state index in [1.807, 2.05) is 13.8 Å². The van der Waals surface area contributed by atoms with Crippen molar-refractivity contribution in [1.29, 1.82) is 0 Å². The van der Waals surface area contributed by atoms with Crippen molar-refractivity contribution >= 4 is 22.3 Å². The molecule has 0 aliphatic heterocycles. The maximum absolute atomic E-state index is 11.9. The van der Waals surface area contributed by atoms with Gasteiger partial charge in [0.05, 0.1) is 5.92 Å². The fraction of sp³-hybridized carbons (Fsp3) is 0.857. The van der Waals surface area contributed by atoms with Crippen molar-refractivity contribution in [2.24, 2.45) is 11.8 Å². The molecule has 1 N–H and O–H groups in total. The Labute approximate surface area is 160 Å². The van der Waals surface area contributed by atoms with E-state index in [0.717, 1.165) is 25.7 Å². The summed E-state index contributed by atoms with van der Waals surface area (Å²) >= 11 is 0. The summed E-state index contributed by atoms with van der Waals surface area (Å²) in [7, 11) is -4.95. The number of carbonyl (C=O) groups is 2. The maximum Gasteiger partial charge on any atom is 1.00 e. The van der Waals surface area contributed by atoms with Gasteiger partial charge < -0.3 is 14.1 Å². The molecule has 0 aliphatic rings. The molecule has 23 heavy (non-hydrogen) atoms. The van der Waals surface area contributed by atoms with Crippen LogP contribution in [0.3, 0.4) is 0 Å². The minimum atomic E-state index is -4.95. The van der Waals surface area contributed by atoms with Gasteiger partial charge in [-0.25, -0.2) is 0 Å². The summed E-state index contributed by atoms with van der Waals surface area (Å²) in [6.45, 7) is 3.91. The zero-order valence-electron chi connectivity index (χ0n) is 14.1. The molecule has 0 amide bonds. The molecule has 0 spiro atoms. The molecule has 2 unspecified atom stereocenters. The van der Waals surface area contributed by atoms with Crippen LogP contribution in [0.25, 0.3) is 0 Å². The molecule has 0 aromatic heterocycles. The van der Waals surface area contributed by atoms with E-state index in [1.165, 1.54) is 0 Å². The Morgan fingerprint density at radius 3 is 1.78 bits per heavy atom. The van der Waals surface area contributed by atoms with Gasteiger partial charge in [-0.2, -0.15) is 8.42 Å². The van der Waals surface area contributed by atoms with E-state index in [-0.39, 0.29) is 42.4 Å². The first-order valence-electron chi connectivity index (χ1n) is 7.64. The quantitative estimate of drug-likeness (QED) is 0.255. The third kappa shape index (κ3) is 11.9. The molecular formula is C14H25NaO7S. The number of carboxylic acids is 1. The third-order valence-electron chi connectivity index (χ3n) is 3.52. The number of unbranched alkanes of at least 4 members (excludes halogenated alkanes) is 4. The van der Waals surface area contributed by atoms with Crippen LogP contribution in [0.15, 0.2) is 0 Å². The summed E-state index contributed by atoms with van der Waals surface area (Å²) < 4.78 is 33.9. The monoisotopic (exact) mass is 360 g/mol. The van der Waals surface area contributed by atoms with E-state index in [2.05, 4.69) is 4.18 Å². The standard InChI is InChI=1S/C14H26O7S.Na/c1-3-5-7-9-11(13(15)16)12(10-8-6-4-2)14(17)21-22(18,19)20;/h11-12H,3-10H2,1-2H3,(H,15,16)(H,18,19,20);/q;+1/p-1. The summed E-state index contributed by atoms with van der Waals surface area (Å²) in [6.07, 6.45) is 4.91. The Morgan fingerprint density at radius 2 is 1.43 bits per heavy atom. The summed E-state index contributed by atoms with van der Waals surface area (Å²) in [6, 6.07) is 0. The van der Waals surface area contributed by atoms with Gasteiger partial charge in [0, 0.05) is 11.9 Å². The number of aliphatic carboxylic acids is 1. The van der Waals surface area contributed by atoms with Crippen LogP contribution >= 0.6 is 0 Å². The average molecular weight is 360 g/mol. The van der Waals surface area contributed by atoms with E-state index in [4.69, 9.17) is 4.55 Å². The predicted molar refractivity (Wildman–Crippen MR) is 77.9 cm³/mol. The normalized spacial score (nSPS) is 13.7. The van der Waals surface area contributed by atoms with E-state index >= 15 is 0 Å². The minimum Gasteiger partial charge on any atom is -0.550 e. The Morgan fingerprint density at radius 1 is 1.00 bits per heavy atom. The minimum absolute atomic E-state index is 0. The van der Waals surface area contributed by atoms with Gasteiger partial charge in [-0.15, -0.1) is 0 Å². The molecule has 0 heterocycles. The van der Waals surface area contributed by atoms with Gasteiger partial charge in [0.15, 0.2) is 0 Å². The van der Waals surface area contributed by atoms with Crippen molar-refractivity contribution in [1.82, 2.24) is 0 Å². The fourth-order valence-electron chi connectivity index (χ4n) is 2.36. The topological polar surface area (TPSA) is 121 Å². The smallest absolute Gasteiger partial charge is 0.550 e. The van der Waals surface area contributed by atoms with Gasteiger partial charge in [0.2, 0.25) is 0 Å². The van der Waals surface area contributed by atoms with E-state index in [0.29, 0.717) is 12.8 Å². The van der Waals surface area contributed by atoms with Gasteiger partial charge in [-0.1, -0.05) is 52.4 Å². The molecular weight excluding hydrogens is 335 g/mol. The van der Waals surface area contributed by atoms with Crippen molar-refractivity contribution < 1.29 is 61.4 Å². The Kier molecular flexibility index (Phi) is 14.4. The molecule has 130 valence electrons. The molecule has 9 heteroatoms. The van der Waals surface area contributed by atoms with Crippen LogP contribution in [0.1, 0.15) is 65.2 Å². The van der Waals surface area contributed by atoms with Crippen molar-refractivity contribution in [3.05, 3.63) is 0 Å². The van der Waals surface area contributed by atoms with Crippen LogP contribution in [0.2, 0.25) is 0 Å². The van der Waals surface area contributed by atoms with Crippen LogP contribution in [-0.2, 0) is 24.2 Å². The number of carbonyl (C=O) groups excluding carboxylic acids is 2. The van der Waals surface area contributed by atoms with Crippen LogP contribution in [0.5, 0.6) is 0 Å². The number of rotatable bonds is 12. The first-order chi connectivity index (χ1) is 10.2. The van der Waals surface area contributed by atoms with Gasteiger partial charge in [-0.05, 0) is 12.8 Å². The molecule has 0 fully saturated rings. The molecule has 0 aromatic rings. The molecule has 2 atom stereocenters. The Hall–Kier alpha value is -0.150. The molecule has 7 nitrogen and oxygen atoms in total. The molecule has 0 saturated carbocycles. The molecule has 0 aromatic carbocycles. The summed E-state index contributed by atoms with van der Waals surface area (Å²) in [4.78, 5) is 23.2. The van der Waals surface area contributed by atoms with Gasteiger partial charge in [0.25, 0.3) is 0 Å². The Bertz CT molecular complexity index is 450. The van der Waals surface area contributed by atoms with Crippen molar-refractivity contribution in [2.75, 3.05) is 0 Å². The maximum atomic E-state index is 11.9. The zero-order valence-corrected chi connectivity index (χ0v) is 16.9. The third-order valence-corrected chi connectivity index (χ3v) is 3.89. The van der Waals surface area contributed by atoms with Gasteiger partial charge in [-0.3, -0.25) is 9.35 Å². The van der Waals surface area contributed by atoms with Gasteiger partial charge in [0.1, 0.15) is 0 Å². The van der Waals surface area contributed by atoms with E-state index in [9.17, 15) is 23.1 Å². The van der Waals surface area contributed by atoms with Gasteiger partial charge >= 0.3 is 45.9 Å². The fourth-order valence-corrected chi connectivity index (χ4v) is 2.69. The molecule has 0 bridgehead atoms. The van der Waals surface area contributed by atoms with E-state index < -0.39 is 34.2 Å². The molecule has 0 saturated heterocycles. The second-order valence-electron chi connectivity index (χ2n) is 5.35. The predicted octanol–water partition coefficient (Wildman–Crippen LogP) is -1.52. The number of hydrogen-bond donors (Lipinski definition) is 1. The summed E-state index contributed by atoms with van der Waals surface area (Å²) in [5.74, 6) is -4.87. The molecule has 0 aliphatic carbocycles. The number of carboxylic acid groups (broad SMARTS) is 1. The first kappa shape index (κ1) is 25.1. The summed E-state index contributed by atoms with van der Waals surface area (Å²) in [5, 5.41) is 11.3.